The molecule has 2 nitrogen and oxygen atoms in total. The second-order valence-electron chi connectivity index (χ2n) is 1.06. The fourth-order valence-corrected chi connectivity index (χ4v) is 1.71. The van der Waals surface area contributed by atoms with E-state index < -0.39 is 0 Å². The van der Waals surface area contributed by atoms with Crippen LogP contribution in [0.25, 0.3) is 0 Å². The van der Waals surface area contributed by atoms with Gasteiger partial charge in [0.2, 0.25) is 0 Å². The molecule has 0 saturated heterocycles. The predicted octanol–water partition coefficient (Wildman–Crippen LogP) is 1.04. The highest BCUT2D eigenvalue weighted by Crippen LogP contribution is 2.03. The molecular weight excluding hydrogens is 142 g/mol. The average Bonchev–Trinajstić information content (AvgIpc) is 2.14. The normalized spacial score (nSPS) is 8.38. The molecule has 0 aromatic carbocycles. The van der Waals surface area contributed by atoms with Crippen molar-refractivity contribution in [3.05, 3.63) is 19.1 Å². The van der Waals surface area contributed by atoms with Gasteiger partial charge in [-0.05, 0) is 0 Å². The van der Waals surface area contributed by atoms with Gasteiger partial charge in [-0.1, -0.05) is 22.7 Å². The second-order valence-corrected chi connectivity index (χ2v) is 3.18. The minimum absolute atomic E-state index is 0.0125. The average molecular weight is 143 g/mol. The Kier molecular flexibility index (Phi) is 1.42. The van der Waals surface area contributed by atoms with Crippen LogP contribution < -0.4 is 4.06 Å². The molecule has 0 bridgehead atoms. The molecule has 0 aliphatic rings. The van der Waals surface area contributed by atoms with Crippen molar-refractivity contribution in [2.24, 2.45) is 0 Å². The topological polar surface area (TPSA) is 40.9 Å². The van der Waals surface area contributed by atoms with Gasteiger partial charge in [0, 0.05) is 5.38 Å². The Balaban J connectivity index is 3.25. The Morgan fingerprint density at radius 3 is 2.75 bits per heavy atom. The molecule has 0 aliphatic carbocycles. The maximum atomic E-state index is 10.3. The molecule has 1 aromatic heterocycles. The molecule has 8 heavy (non-hydrogen) atoms. The maximum absolute atomic E-state index is 10.3. The van der Waals surface area contributed by atoms with Crippen LogP contribution in [-0.2, 0) is 0 Å². The number of hydrogen-bond donors (Lipinski definition) is 0. The first-order valence-corrected chi connectivity index (χ1v) is 3.51. The minimum Gasteiger partial charge on any atom is -0.265 e. The van der Waals surface area contributed by atoms with Crippen LogP contribution in [0.3, 0.4) is 0 Å². The Bertz CT molecular complexity index is 266. The smallest absolute Gasteiger partial charge is 0.265 e. The standard InChI is InChI=1S/C4HNOS2/c5-1-3-2-7-4(6)8-3/h2H. The van der Waals surface area contributed by atoms with E-state index >= 15 is 0 Å². The van der Waals surface area contributed by atoms with E-state index in [0.29, 0.717) is 4.88 Å². The van der Waals surface area contributed by atoms with E-state index in [2.05, 4.69) is 0 Å². The number of nitriles is 1. The van der Waals surface area contributed by atoms with E-state index in [-0.39, 0.29) is 4.06 Å². The highest BCUT2D eigenvalue weighted by molar-refractivity contribution is 7.26. The molecule has 4 heteroatoms. The molecule has 0 amide bonds. The first kappa shape index (κ1) is 5.48. The van der Waals surface area contributed by atoms with Crippen molar-refractivity contribution in [1.29, 1.82) is 5.26 Å². The van der Waals surface area contributed by atoms with Crippen LogP contribution in [0.2, 0.25) is 0 Å². The van der Waals surface area contributed by atoms with Gasteiger partial charge in [0.05, 0.1) is 0 Å². The van der Waals surface area contributed by atoms with Crippen LogP contribution in [0.5, 0.6) is 0 Å². The van der Waals surface area contributed by atoms with Crippen molar-refractivity contribution in [3.8, 4) is 6.07 Å². The molecule has 0 aliphatic heterocycles. The fraction of sp³-hybridized carbons (Fsp3) is 0. The van der Waals surface area contributed by atoms with Crippen LogP contribution in [0, 0.1) is 11.3 Å². The molecule has 1 heterocycles. The third kappa shape index (κ3) is 0.941. The van der Waals surface area contributed by atoms with Crippen LogP contribution in [0.15, 0.2) is 10.2 Å². The van der Waals surface area contributed by atoms with E-state index in [4.69, 9.17) is 5.26 Å². The SMILES string of the molecule is N#Cc1csc(=O)s1. The first-order chi connectivity index (χ1) is 3.83. The number of nitrogens with zero attached hydrogens (tertiary/aromatic N) is 1. The van der Waals surface area contributed by atoms with Gasteiger partial charge < -0.3 is 0 Å². The third-order valence-corrected chi connectivity index (χ3v) is 2.40. The summed E-state index contributed by atoms with van der Waals surface area (Å²) >= 11 is 2.06. The van der Waals surface area contributed by atoms with Gasteiger partial charge >= 0.3 is 0 Å². The summed E-state index contributed by atoms with van der Waals surface area (Å²) in [6.07, 6.45) is 0. The second kappa shape index (κ2) is 2.07. The van der Waals surface area contributed by atoms with Gasteiger partial charge in [0.1, 0.15) is 10.9 Å². The Morgan fingerprint density at radius 1 is 1.75 bits per heavy atom. The summed E-state index contributed by atoms with van der Waals surface area (Å²) < 4.78 is -0.0125. The Labute approximate surface area is 53.6 Å². The third-order valence-electron chi connectivity index (χ3n) is 0.566. The molecule has 0 radical (unpaired) electrons. The Hall–Kier alpha value is -0.660. The number of hydrogen-bond acceptors (Lipinski definition) is 4. The van der Waals surface area contributed by atoms with Crippen molar-refractivity contribution in [2.75, 3.05) is 0 Å². The molecule has 0 atom stereocenters. The number of rotatable bonds is 0. The zero-order valence-electron chi connectivity index (χ0n) is 3.75. The zero-order valence-corrected chi connectivity index (χ0v) is 5.38. The van der Waals surface area contributed by atoms with Crippen LogP contribution >= 0.6 is 22.7 Å². The van der Waals surface area contributed by atoms with Crippen LogP contribution in [-0.4, -0.2) is 0 Å². The lowest BCUT2D eigenvalue weighted by molar-refractivity contribution is 1.53. The summed E-state index contributed by atoms with van der Waals surface area (Å²) in [7, 11) is 0. The van der Waals surface area contributed by atoms with Crippen molar-refractivity contribution in [1.82, 2.24) is 0 Å². The largest absolute Gasteiger partial charge is 0.288 e. The molecule has 0 spiro atoms. The van der Waals surface area contributed by atoms with Crippen molar-refractivity contribution in [2.45, 2.75) is 0 Å². The van der Waals surface area contributed by atoms with E-state index in [9.17, 15) is 4.79 Å². The lowest BCUT2D eigenvalue weighted by Gasteiger charge is -1.60. The molecule has 40 valence electrons. The van der Waals surface area contributed by atoms with Crippen LogP contribution in [0.4, 0.5) is 0 Å². The van der Waals surface area contributed by atoms with Crippen molar-refractivity contribution >= 4 is 22.7 Å². The van der Waals surface area contributed by atoms with Crippen molar-refractivity contribution < 1.29 is 0 Å². The van der Waals surface area contributed by atoms with E-state index in [1.54, 1.807) is 5.38 Å². The molecule has 1 aromatic rings. The van der Waals surface area contributed by atoms with E-state index in [1.807, 2.05) is 6.07 Å². The van der Waals surface area contributed by atoms with Gasteiger partial charge in [-0.2, -0.15) is 5.26 Å². The van der Waals surface area contributed by atoms with Crippen LogP contribution in [0.1, 0.15) is 4.88 Å². The van der Waals surface area contributed by atoms with Gasteiger partial charge in [-0.15, -0.1) is 0 Å². The summed E-state index contributed by atoms with van der Waals surface area (Å²) in [5.41, 5.74) is 0. The summed E-state index contributed by atoms with van der Waals surface area (Å²) in [6, 6.07) is 1.88. The zero-order chi connectivity index (χ0) is 5.98. The molecule has 1 rings (SSSR count). The summed E-state index contributed by atoms with van der Waals surface area (Å²) in [5, 5.41) is 9.74. The van der Waals surface area contributed by atoms with Crippen molar-refractivity contribution in [3.63, 3.8) is 0 Å². The molecule has 0 saturated carbocycles. The van der Waals surface area contributed by atoms with Gasteiger partial charge in [-0.3, -0.25) is 4.79 Å². The summed E-state index contributed by atoms with van der Waals surface area (Å²) in [4.78, 5) is 10.8. The lowest BCUT2D eigenvalue weighted by atomic mass is 10.7. The molecule has 0 N–H and O–H groups in total. The monoisotopic (exact) mass is 143 g/mol. The Morgan fingerprint density at radius 2 is 2.50 bits per heavy atom. The highest BCUT2D eigenvalue weighted by Gasteiger charge is 1.91. The summed E-state index contributed by atoms with van der Waals surface area (Å²) in [6.45, 7) is 0. The molecule has 0 unspecified atom stereocenters. The molecular formula is C4HNOS2. The maximum Gasteiger partial charge on any atom is 0.288 e. The molecule has 0 fully saturated rings. The lowest BCUT2D eigenvalue weighted by Crippen LogP contribution is -1.73. The highest BCUT2D eigenvalue weighted by atomic mass is 32.2. The fourth-order valence-electron chi connectivity index (χ4n) is 0.289. The predicted molar refractivity (Wildman–Crippen MR) is 33.2 cm³/mol. The minimum atomic E-state index is -0.0125. The van der Waals surface area contributed by atoms with Gasteiger partial charge in [0.25, 0.3) is 4.06 Å². The van der Waals surface area contributed by atoms with E-state index in [0.717, 1.165) is 22.7 Å². The van der Waals surface area contributed by atoms with Gasteiger partial charge in [0.15, 0.2) is 0 Å². The summed E-state index contributed by atoms with van der Waals surface area (Å²) in [5.74, 6) is 0. The van der Waals surface area contributed by atoms with E-state index in [1.165, 1.54) is 0 Å². The quantitative estimate of drug-likeness (QED) is 0.544. The van der Waals surface area contributed by atoms with Gasteiger partial charge in [-0.25, -0.2) is 0 Å². The first-order valence-electron chi connectivity index (χ1n) is 1.81.